The number of para-hydroxylation sites is 1. The van der Waals surface area contributed by atoms with Gasteiger partial charge in [-0.1, -0.05) is 23.4 Å². The van der Waals surface area contributed by atoms with Crippen molar-refractivity contribution in [2.24, 2.45) is 0 Å². The number of hydrogen-bond donors (Lipinski definition) is 2. The van der Waals surface area contributed by atoms with Gasteiger partial charge in [-0.25, -0.2) is 4.98 Å². The van der Waals surface area contributed by atoms with Crippen LogP contribution in [0.3, 0.4) is 0 Å². The number of piperidine rings is 1. The summed E-state index contributed by atoms with van der Waals surface area (Å²) in [5.41, 5.74) is 3.26. The maximum atomic E-state index is 13.0. The van der Waals surface area contributed by atoms with Gasteiger partial charge in [0.1, 0.15) is 10.8 Å². The Hall–Kier alpha value is -3.17. The second kappa shape index (κ2) is 11.3. The minimum absolute atomic E-state index is 0.0241. The van der Waals surface area contributed by atoms with Gasteiger partial charge in [-0.3, -0.25) is 14.5 Å². The van der Waals surface area contributed by atoms with Crippen molar-refractivity contribution in [1.29, 1.82) is 0 Å². The molecule has 1 aromatic carbocycles. The molecule has 1 aliphatic heterocycles. The van der Waals surface area contributed by atoms with Gasteiger partial charge in [-0.2, -0.15) is 0 Å². The second-order valence-corrected chi connectivity index (χ2v) is 9.35. The number of likely N-dealkylation sites (tertiary alicyclic amines) is 1. The number of aryl methyl sites for hydroxylation is 2. The molecule has 0 unspecified atom stereocenters. The Morgan fingerprint density at radius 2 is 1.88 bits per heavy atom. The van der Waals surface area contributed by atoms with Gasteiger partial charge in [0.25, 0.3) is 5.91 Å². The number of thioether (sulfide) groups is 1. The van der Waals surface area contributed by atoms with E-state index in [1.807, 2.05) is 44.2 Å². The molecule has 178 valence electrons. The van der Waals surface area contributed by atoms with Crippen LogP contribution < -0.4 is 10.6 Å². The Labute approximate surface area is 203 Å². The summed E-state index contributed by atoms with van der Waals surface area (Å²) < 4.78 is 5.23. The molecule has 0 bridgehead atoms. The zero-order chi connectivity index (χ0) is 23.9. The molecule has 2 N–H and O–H groups in total. The van der Waals surface area contributed by atoms with Crippen LogP contribution in [0.2, 0.25) is 0 Å². The Morgan fingerprint density at radius 3 is 2.59 bits per heavy atom. The van der Waals surface area contributed by atoms with Gasteiger partial charge < -0.3 is 15.2 Å². The fourth-order valence-electron chi connectivity index (χ4n) is 3.95. The fourth-order valence-corrected chi connectivity index (χ4v) is 5.10. The van der Waals surface area contributed by atoms with Gasteiger partial charge in [0.05, 0.1) is 17.8 Å². The summed E-state index contributed by atoms with van der Waals surface area (Å²) in [6.45, 7) is 5.66. The molecule has 1 saturated heterocycles. The van der Waals surface area contributed by atoms with Crippen molar-refractivity contribution in [2.75, 3.05) is 25.0 Å². The van der Waals surface area contributed by atoms with Crippen LogP contribution in [0.4, 0.5) is 5.69 Å². The molecule has 2 aromatic heterocycles. The summed E-state index contributed by atoms with van der Waals surface area (Å²) in [5.74, 6) is 1.29. The summed E-state index contributed by atoms with van der Waals surface area (Å²) in [5, 5.41) is 10.8. The lowest BCUT2D eigenvalue weighted by molar-refractivity contribution is -0.117. The van der Waals surface area contributed by atoms with Crippen LogP contribution in [0.15, 0.2) is 58.2 Å². The largest absolute Gasteiger partial charge is 0.361 e. The molecule has 0 atom stereocenters. The Kier molecular flexibility index (Phi) is 7.97. The first-order valence-corrected chi connectivity index (χ1v) is 12.4. The summed E-state index contributed by atoms with van der Waals surface area (Å²) >= 11 is 1.51. The van der Waals surface area contributed by atoms with E-state index in [0.29, 0.717) is 22.9 Å². The van der Waals surface area contributed by atoms with Crippen molar-refractivity contribution >= 4 is 29.3 Å². The van der Waals surface area contributed by atoms with Gasteiger partial charge in [-0.05, 0) is 51.0 Å². The number of hydrogen-bond acceptors (Lipinski definition) is 7. The standard InChI is InChI=1S/C25H29N5O3S/c1-17-22(18(2)33-29-17)16-34-25-21(9-6-12-26-25)24(32)28-20-10-13-30(14-11-20)15-23(31)27-19-7-4-3-5-8-19/h3-9,12,20H,10-11,13-16H2,1-2H3,(H,27,31)(H,28,32). The molecule has 0 aliphatic carbocycles. The van der Waals surface area contributed by atoms with Crippen molar-refractivity contribution in [2.45, 2.75) is 43.5 Å². The molecular weight excluding hydrogens is 450 g/mol. The van der Waals surface area contributed by atoms with E-state index in [2.05, 4.69) is 25.7 Å². The fraction of sp³-hybridized carbons (Fsp3) is 0.360. The lowest BCUT2D eigenvalue weighted by Crippen LogP contribution is -2.46. The number of rotatable bonds is 8. The highest BCUT2D eigenvalue weighted by Gasteiger charge is 2.24. The first-order valence-electron chi connectivity index (χ1n) is 11.4. The van der Waals surface area contributed by atoms with Crippen LogP contribution in [-0.2, 0) is 10.5 Å². The summed E-state index contributed by atoms with van der Waals surface area (Å²) in [6.07, 6.45) is 3.30. The third kappa shape index (κ3) is 6.24. The zero-order valence-electron chi connectivity index (χ0n) is 19.4. The number of nitrogens with zero attached hydrogens (tertiary/aromatic N) is 3. The molecule has 1 aliphatic rings. The number of carbonyl (C=O) groups is 2. The number of benzene rings is 1. The van der Waals surface area contributed by atoms with E-state index in [9.17, 15) is 9.59 Å². The van der Waals surface area contributed by atoms with E-state index in [1.54, 1.807) is 18.3 Å². The van der Waals surface area contributed by atoms with E-state index < -0.39 is 0 Å². The van der Waals surface area contributed by atoms with Crippen molar-refractivity contribution in [1.82, 2.24) is 20.4 Å². The molecule has 1 fully saturated rings. The number of anilines is 1. The molecule has 8 nitrogen and oxygen atoms in total. The predicted molar refractivity (Wildman–Crippen MR) is 132 cm³/mol. The van der Waals surface area contributed by atoms with Crippen LogP contribution in [0.25, 0.3) is 0 Å². The molecule has 3 heterocycles. The summed E-state index contributed by atoms with van der Waals surface area (Å²) in [6, 6.07) is 13.1. The minimum Gasteiger partial charge on any atom is -0.361 e. The van der Waals surface area contributed by atoms with E-state index >= 15 is 0 Å². The quantitative estimate of drug-likeness (QED) is 0.474. The zero-order valence-corrected chi connectivity index (χ0v) is 20.2. The number of nitrogens with one attached hydrogen (secondary N) is 2. The van der Waals surface area contributed by atoms with Gasteiger partial charge in [-0.15, -0.1) is 11.8 Å². The van der Waals surface area contributed by atoms with Crippen molar-refractivity contribution in [3.63, 3.8) is 0 Å². The number of amides is 2. The molecule has 0 spiro atoms. The van der Waals surface area contributed by atoms with Crippen LogP contribution in [0, 0.1) is 13.8 Å². The predicted octanol–water partition coefficient (Wildman–Crippen LogP) is 3.81. The molecule has 9 heteroatoms. The second-order valence-electron chi connectivity index (χ2n) is 8.39. The van der Waals surface area contributed by atoms with Crippen molar-refractivity contribution < 1.29 is 14.1 Å². The highest BCUT2D eigenvalue weighted by atomic mass is 32.2. The van der Waals surface area contributed by atoms with Crippen LogP contribution in [0.1, 0.15) is 40.2 Å². The molecule has 3 aromatic rings. The van der Waals surface area contributed by atoms with E-state index in [-0.39, 0.29) is 17.9 Å². The third-order valence-electron chi connectivity index (χ3n) is 5.90. The van der Waals surface area contributed by atoms with Crippen molar-refractivity contribution in [3.05, 3.63) is 71.2 Å². The van der Waals surface area contributed by atoms with Gasteiger partial charge in [0.15, 0.2) is 0 Å². The Morgan fingerprint density at radius 1 is 1.12 bits per heavy atom. The smallest absolute Gasteiger partial charge is 0.254 e. The summed E-state index contributed by atoms with van der Waals surface area (Å²) in [7, 11) is 0. The molecule has 0 saturated carbocycles. The molecule has 2 amide bonds. The third-order valence-corrected chi connectivity index (χ3v) is 6.93. The molecule has 0 radical (unpaired) electrons. The first kappa shape index (κ1) is 24.0. The average molecular weight is 480 g/mol. The molecular formula is C25H29N5O3S. The van der Waals surface area contributed by atoms with Gasteiger partial charge >= 0.3 is 0 Å². The lowest BCUT2D eigenvalue weighted by atomic mass is 10.0. The summed E-state index contributed by atoms with van der Waals surface area (Å²) in [4.78, 5) is 31.9. The van der Waals surface area contributed by atoms with E-state index in [4.69, 9.17) is 4.52 Å². The number of pyridine rings is 1. The maximum Gasteiger partial charge on any atom is 0.254 e. The van der Waals surface area contributed by atoms with Crippen LogP contribution >= 0.6 is 11.8 Å². The normalized spacial score (nSPS) is 14.6. The maximum absolute atomic E-state index is 13.0. The van der Waals surface area contributed by atoms with Gasteiger partial charge in [0.2, 0.25) is 5.91 Å². The topological polar surface area (TPSA) is 100 Å². The van der Waals surface area contributed by atoms with Gasteiger partial charge in [0, 0.05) is 42.3 Å². The van der Waals surface area contributed by atoms with Crippen molar-refractivity contribution in [3.8, 4) is 0 Å². The monoisotopic (exact) mass is 479 g/mol. The lowest BCUT2D eigenvalue weighted by Gasteiger charge is -2.32. The molecule has 34 heavy (non-hydrogen) atoms. The number of aromatic nitrogens is 2. The Balaban J connectivity index is 1.27. The van der Waals surface area contributed by atoms with E-state index in [0.717, 1.165) is 48.6 Å². The molecule has 4 rings (SSSR count). The first-order chi connectivity index (χ1) is 16.5. The Bertz CT molecular complexity index is 1110. The SMILES string of the molecule is Cc1noc(C)c1CSc1ncccc1C(=O)NC1CCN(CC(=O)Nc2ccccc2)CC1. The highest BCUT2D eigenvalue weighted by molar-refractivity contribution is 7.98. The van der Waals surface area contributed by atoms with Crippen LogP contribution in [-0.4, -0.2) is 52.5 Å². The minimum atomic E-state index is -0.116. The van der Waals surface area contributed by atoms with E-state index in [1.165, 1.54) is 11.8 Å². The van der Waals surface area contributed by atoms with Crippen LogP contribution in [0.5, 0.6) is 0 Å². The number of carbonyl (C=O) groups excluding carboxylic acids is 2. The average Bonchev–Trinajstić information content (AvgIpc) is 3.16. The highest BCUT2D eigenvalue weighted by Crippen LogP contribution is 2.27.